The summed E-state index contributed by atoms with van der Waals surface area (Å²) < 4.78 is 25.1. The van der Waals surface area contributed by atoms with Gasteiger partial charge in [0.25, 0.3) is 0 Å². The van der Waals surface area contributed by atoms with Crippen LogP contribution in [0.15, 0.2) is 36.4 Å². The van der Waals surface area contributed by atoms with E-state index in [-0.39, 0.29) is 24.2 Å². The molecule has 0 bridgehead atoms. The Bertz CT molecular complexity index is 861. The second kappa shape index (κ2) is 7.74. The summed E-state index contributed by atoms with van der Waals surface area (Å²) in [5.74, 6) is 0.734. The molecule has 1 amide bonds. The number of fused-ring (bicyclic) bond motifs is 1. The fourth-order valence-electron chi connectivity index (χ4n) is 3.63. The summed E-state index contributed by atoms with van der Waals surface area (Å²) in [7, 11) is 0. The van der Waals surface area contributed by atoms with E-state index in [1.54, 1.807) is 0 Å². The zero-order valence-corrected chi connectivity index (χ0v) is 15.5. The Labute approximate surface area is 162 Å². The van der Waals surface area contributed by atoms with Gasteiger partial charge in [-0.15, -0.1) is 0 Å². The van der Waals surface area contributed by atoms with E-state index in [4.69, 9.17) is 21.1 Å². The second-order valence-corrected chi connectivity index (χ2v) is 7.14. The third kappa shape index (κ3) is 4.01. The highest BCUT2D eigenvalue weighted by Gasteiger charge is 2.29. The molecule has 2 heterocycles. The molecule has 0 aliphatic carbocycles. The van der Waals surface area contributed by atoms with Gasteiger partial charge in [-0.25, -0.2) is 4.39 Å². The smallest absolute Gasteiger partial charge is 0.238 e. The number of amides is 1. The summed E-state index contributed by atoms with van der Waals surface area (Å²) in [5, 5.41) is 2.99. The van der Waals surface area contributed by atoms with Crippen LogP contribution in [-0.4, -0.2) is 37.1 Å². The maximum atomic E-state index is 13.8. The third-order valence-corrected chi connectivity index (χ3v) is 5.10. The summed E-state index contributed by atoms with van der Waals surface area (Å²) in [6.07, 6.45) is 1.95. The van der Waals surface area contributed by atoms with Crippen molar-refractivity contribution in [2.75, 3.05) is 31.6 Å². The van der Waals surface area contributed by atoms with Gasteiger partial charge in [-0.2, -0.15) is 0 Å². The van der Waals surface area contributed by atoms with Crippen molar-refractivity contribution < 1.29 is 18.7 Å². The van der Waals surface area contributed by atoms with Gasteiger partial charge in [0.05, 0.1) is 12.2 Å². The Morgan fingerprint density at radius 3 is 2.85 bits per heavy atom. The van der Waals surface area contributed by atoms with Gasteiger partial charge in [-0.1, -0.05) is 17.7 Å². The number of ether oxygens (including phenoxy) is 2. The number of nitrogens with one attached hydrogen (secondary N) is 1. The first-order valence-corrected chi connectivity index (χ1v) is 9.36. The number of benzene rings is 2. The third-order valence-electron chi connectivity index (χ3n) is 4.86. The Balaban J connectivity index is 1.45. The number of hydrogen-bond acceptors (Lipinski definition) is 4. The molecule has 0 aromatic heterocycles. The molecule has 0 saturated carbocycles. The van der Waals surface area contributed by atoms with Gasteiger partial charge in [0.1, 0.15) is 19.0 Å². The molecule has 1 saturated heterocycles. The van der Waals surface area contributed by atoms with Crippen LogP contribution in [0.4, 0.5) is 10.1 Å². The van der Waals surface area contributed by atoms with E-state index in [1.807, 2.05) is 18.2 Å². The molecule has 2 aliphatic heterocycles. The molecule has 0 spiro atoms. The van der Waals surface area contributed by atoms with Crippen LogP contribution in [0.5, 0.6) is 11.5 Å². The molecule has 0 radical (unpaired) electrons. The molecule has 1 fully saturated rings. The molecule has 4 rings (SSSR count). The number of anilines is 1. The lowest BCUT2D eigenvalue weighted by Crippen LogP contribution is -2.33. The number of hydrogen-bond donors (Lipinski definition) is 1. The molecule has 1 N–H and O–H groups in total. The van der Waals surface area contributed by atoms with Crippen molar-refractivity contribution in [2.45, 2.75) is 18.9 Å². The molecular weight excluding hydrogens is 371 g/mol. The summed E-state index contributed by atoms with van der Waals surface area (Å²) in [5.41, 5.74) is 1.20. The van der Waals surface area contributed by atoms with E-state index in [2.05, 4.69) is 10.2 Å². The van der Waals surface area contributed by atoms with E-state index in [0.29, 0.717) is 18.2 Å². The lowest BCUT2D eigenvalue weighted by Gasteiger charge is -2.26. The van der Waals surface area contributed by atoms with Crippen molar-refractivity contribution in [1.29, 1.82) is 0 Å². The van der Waals surface area contributed by atoms with Gasteiger partial charge in [-0.05, 0) is 55.3 Å². The Kier molecular flexibility index (Phi) is 5.18. The van der Waals surface area contributed by atoms with Crippen LogP contribution >= 0.6 is 11.6 Å². The topological polar surface area (TPSA) is 50.8 Å². The minimum Gasteiger partial charge on any atom is -0.486 e. The minimum atomic E-state index is -0.502. The highest BCUT2D eigenvalue weighted by molar-refractivity contribution is 6.30. The average molecular weight is 391 g/mol. The van der Waals surface area contributed by atoms with E-state index < -0.39 is 5.82 Å². The highest BCUT2D eigenvalue weighted by Crippen LogP contribution is 2.38. The zero-order chi connectivity index (χ0) is 18.8. The van der Waals surface area contributed by atoms with Crippen molar-refractivity contribution in [1.82, 2.24) is 4.90 Å². The standard InChI is InChI=1S/C20H20ClFN2O3/c21-14-4-5-15(22)16(11-14)23-20(25)12-24-7-1-2-17(24)13-3-6-18-19(10-13)27-9-8-26-18/h3-6,10-11,17H,1-2,7-9,12H2,(H,23,25). The number of carbonyl (C=O) groups excluding carboxylic acids is 1. The Morgan fingerprint density at radius 2 is 2.00 bits per heavy atom. The molecule has 142 valence electrons. The van der Waals surface area contributed by atoms with Crippen LogP contribution in [0.1, 0.15) is 24.4 Å². The lowest BCUT2D eigenvalue weighted by atomic mass is 10.0. The lowest BCUT2D eigenvalue weighted by molar-refractivity contribution is -0.117. The fraction of sp³-hybridized carbons (Fsp3) is 0.350. The molecule has 1 atom stereocenters. The summed E-state index contributed by atoms with van der Waals surface area (Å²) in [6.45, 7) is 2.09. The summed E-state index contributed by atoms with van der Waals surface area (Å²) >= 11 is 5.88. The van der Waals surface area contributed by atoms with E-state index >= 15 is 0 Å². The normalized spacial score (nSPS) is 19.1. The maximum Gasteiger partial charge on any atom is 0.238 e. The van der Waals surface area contributed by atoms with Crippen molar-refractivity contribution in [2.24, 2.45) is 0 Å². The minimum absolute atomic E-state index is 0.0996. The molecule has 27 heavy (non-hydrogen) atoms. The quantitative estimate of drug-likeness (QED) is 0.856. The Morgan fingerprint density at radius 1 is 1.19 bits per heavy atom. The van der Waals surface area contributed by atoms with Crippen LogP contribution in [-0.2, 0) is 4.79 Å². The predicted octanol–water partition coefficient (Wildman–Crippen LogP) is 4.03. The van der Waals surface area contributed by atoms with Crippen LogP contribution in [0.25, 0.3) is 0 Å². The number of carbonyl (C=O) groups is 1. The first-order chi connectivity index (χ1) is 13.1. The number of likely N-dealkylation sites (tertiary alicyclic amines) is 1. The molecule has 1 unspecified atom stereocenters. The highest BCUT2D eigenvalue weighted by atomic mass is 35.5. The van der Waals surface area contributed by atoms with Gasteiger partial charge in [0.2, 0.25) is 5.91 Å². The molecule has 5 nitrogen and oxygen atoms in total. The van der Waals surface area contributed by atoms with Gasteiger partial charge in [0, 0.05) is 11.1 Å². The van der Waals surface area contributed by atoms with Gasteiger partial charge >= 0.3 is 0 Å². The predicted molar refractivity (Wildman–Crippen MR) is 101 cm³/mol. The van der Waals surface area contributed by atoms with Gasteiger partial charge < -0.3 is 14.8 Å². The summed E-state index contributed by atoms with van der Waals surface area (Å²) in [4.78, 5) is 14.5. The second-order valence-electron chi connectivity index (χ2n) is 6.70. The van der Waals surface area contributed by atoms with Crippen LogP contribution < -0.4 is 14.8 Å². The van der Waals surface area contributed by atoms with Crippen LogP contribution in [0.2, 0.25) is 5.02 Å². The van der Waals surface area contributed by atoms with Crippen LogP contribution in [0, 0.1) is 5.82 Å². The molecule has 2 aromatic rings. The van der Waals surface area contributed by atoms with E-state index in [9.17, 15) is 9.18 Å². The fourth-order valence-corrected chi connectivity index (χ4v) is 3.80. The maximum absolute atomic E-state index is 13.8. The first kappa shape index (κ1) is 18.1. The largest absolute Gasteiger partial charge is 0.486 e. The van der Waals surface area contributed by atoms with Crippen molar-refractivity contribution in [3.8, 4) is 11.5 Å². The molecule has 7 heteroatoms. The van der Waals surface area contributed by atoms with E-state index in [1.165, 1.54) is 18.2 Å². The first-order valence-electron chi connectivity index (χ1n) is 8.98. The van der Waals surface area contributed by atoms with E-state index in [0.717, 1.165) is 36.4 Å². The monoisotopic (exact) mass is 390 g/mol. The van der Waals surface area contributed by atoms with Crippen molar-refractivity contribution in [3.63, 3.8) is 0 Å². The molecule has 2 aliphatic rings. The number of rotatable bonds is 4. The summed E-state index contributed by atoms with van der Waals surface area (Å²) in [6, 6.07) is 10.2. The van der Waals surface area contributed by atoms with Gasteiger partial charge in [-0.3, -0.25) is 9.69 Å². The van der Waals surface area contributed by atoms with Crippen molar-refractivity contribution >= 4 is 23.2 Å². The molecular formula is C20H20ClFN2O3. The SMILES string of the molecule is O=C(CN1CCCC1c1ccc2c(c1)OCCO2)Nc1cc(Cl)ccc1F. The Hall–Kier alpha value is -2.31. The van der Waals surface area contributed by atoms with Crippen molar-refractivity contribution in [3.05, 3.63) is 52.8 Å². The number of halogens is 2. The van der Waals surface area contributed by atoms with Crippen LogP contribution in [0.3, 0.4) is 0 Å². The average Bonchev–Trinajstić information content (AvgIpc) is 3.12. The zero-order valence-electron chi connectivity index (χ0n) is 14.7. The molecule has 2 aromatic carbocycles. The number of nitrogens with zero attached hydrogens (tertiary/aromatic N) is 1. The van der Waals surface area contributed by atoms with Gasteiger partial charge in [0.15, 0.2) is 11.5 Å².